The van der Waals surface area contributed by atoms with Gasteiger partial charge < -0.3 is 4.57 Å². The lowest BCUT2D eigenvalue weighted by Gasteiger charge is -2.15. The second-order valence-corrected chi connectivity index (χ2v) is 10.4. The lowest BCUT2D eigenvalue weighted by atomic mass is 9.92. The molecule has 1 unspecified atom stereocenters. The van der Waals surface area contributed by atoms with Crippen LogP contribution in [-0.4, -0.2) is 9.13 Å². The SMILES string of the molecule is CC(C)C.CC1CC=CC=C1c1n(-c2ccc3c(c2)c2ccccc2n3-c2ccccc2)cc[n+]1C. The molecule has 0 saturated carbocycles. The highest BCUT2D eigenvalue weighted by Gasteiger charge is 2.26. The number of fused-ring (bicyclic) bond motifs is 3. The number of aromatic nitrogens is 3. The average Bonchev–Trinajstić information content (AvgIpc) is 3.42. The summed E-state index contributed by atoms with van der Waals surface area (Å²) in [7, 11) is 2.14. The predicted molar refractivity (Wildman–Crippen MR) is 153 cm³/mol. The second-order valence-electron chi connectivity index (χ2n) is 10.4. The number of hydrogen-bond acceptors (Lipinski definition) is 0. The predicted octanol–water partition coefficient (Wildman–Crippen LogP) is 8.04. The molecule has 1 atom stereocenters. The van der Waals surface area contributed by atoms with Crippen LogP contribution >= 0.6 is 0 Å². The summed E-state index contributed by atoms with van der Waals surface area (Å²) in [4.78, 5) is 0. The van der Waals surface area contributed by atoms with Crippen molar-refractivity contribution in [2.75, 3.05) is 0 Å². The van der Waals surface area contributed by atoms with E-state index in [9.17, 15) is 0 Å². The van der Waals surface area contributed by atoms with Crippen LogP contribution in [0, 0.1) is 11.8 Å². The van der Waals surface area contributed by atoms with E-state index in [4.69, 9.17) is 0 Å². The van der Waals surface area contributed by atoms with Crippen molar-refractivity contribution in [3.8, 4) is 11.4 Å². The summed E-state index contributed by atoms with van der Waals surface area (Å²) in [5.41, 5.74) is 6.22. The van der Waals surface area contributed by atoms with Crippen LogP contribution in [0.2, 0.25) is 0 Å². The van der Waals surface area contributed by atoms with Gasteiger partial charge in [0, 0.05) is 22.0 Å². The number of rotatable bonds is 3. The van der Waals surface area contributed by atoms with Crippen molar-refractivity contribution in [1.82, 2.24) is 9.13 Å². The van der Waals surface area contributed by atoms with E-state index in [1.165, 1.54) is 44.6 Å². The molecule has 0 fully saturated rings. The Bertz CT molecular complexity index is 1560. The minimum atomic E-state index is 0.503. The molecule has 2 heterocycles. The summed E-state index contributed by atoms with van der Waals surface area (Å²) in [6.45, 7) is 8.81. The summed E-state index contributed by atoms with van der Waals surface area (Å²) >= 11 is 0. The molecule has 5 aromatic rings. The van der Waals surface area contributed by atoms with E-state index < -0.39 is 0 Å². The van der Waals surface area contributed by atoms with Crippen LogP contribution in [0.5, 0.6) is 0 Å². The van der Waals surface area contributed by atoms with E-state index in [2.05, 4.69) is 152 Å². The van der Waals surface area contributed by atoms with E-state index in [1.54, 1.807) is 0 Å². The Morgan fingerprint density at radius 2 is 1.53 bits per heavy atom. The fraction of sp³-hybridized carbons (Fsp3) is 0.242. The lowest BCUT2D eigenvalue weighted by Crippen LogP contribution is -2.32. The van der Waals surface area contributed by atoms with Crippen LogP contribution in [0.3, 0.4) is 0 Å². The molecule has 6 rings (SSSR count). The normalized spacial score (nSPS) is 15.3. The highest BCUT2D eigenvalue weighted by Crippen LogP contribution is 2.34. The number of imidazole rings is 1. The van der Waals surface area contributed by atoms with E-state index in [0.717, 1.165) is 12.3 Å². The minimum absolute atomic E-state index is 0.503. The Labute approximate surface area is 214 Å². The Morgan fingerprint density at radius 1 is 0.833 bits per heavy atom. The van der Waals surface area contributed by atoms with Gasteiger partial charge in [-0.15, -0.1) is 0 Å². The van der Waals surface area contributed by atoms with Crippen LogP contribution in [0.15, 0.2) is 103 Å². The van der Waals surface area contributed by atoms with E-state index in [-0.39, 0.29) is 0 Å². The molecule has 0 radical (unpaired) electrons. The van der Waals surface area contributed by atoms with Crippen molar-refractivity contribution in [2.24, 2.45) is 18.9 Å². The first-order valence-corrected chi connectivity index (χ1v) is 13.0. The van der Waals surface area contributed by atoms with Gasteiger partial charge in [-0.05, 0) is 54.7 Å². The second kappa shape index (κ2) is 10.0. The summed E-state index contributed by atoms with van der Waals surface area (Å²) in [6.07, 6.45) is 12.1. The zero-order valence-corrected chi connectivity index (χ0v) is 22.0. The van der Waals surface area contributed by atoms with Crippen molar-refractivity contribution in [1.29, 1.82) is 0 Å². The van der Waals surface area contributed by atoms with Gasteiger partial charge in [-0.3, -0.25) is 0 Å². The molecule has 0 N–H and O–H groups in total. The van der Waals surface area contributed by atoms with Gasteiger partial charge in [0.2, 0.25) is 0 Å². The third kappa shape index (κ3) is 4.42. The third-order valence-electron chi connectivity index (χ3n) is 6.64. The quantitative estimate of drug-likeness (QED) is 0.235. The summed E-state index contributed by atoms with van der Waals surface area (Å²) in [5, 5.41) is 2.55. The molecule has 0 saturated heterocycles. The van der Waals surface area contributed by atoms with Crippen LogP contribution < -0.4 is 4.57 Å². The largest absolute Gasteiger partial charge is 0.309 e. The summed E-state index contributed by atoms with van der Waals surface area (Å²) < 4.78 is 6.93. The first-order chi connectivity index (χ1) is 17.5. The van der Waals surface area contributed by atoms with Gasteiger partial charge in [0.1, 0.15) is 18.1 Å². The van der Waals surface area contributed by atoms with Crippen LogP contribution in [0.25, 0.3) is 38.8 Å². The number of benzene rings is 3. The molecule has 0 aliphatic heterocycles. The van der Waals surface area contributed by atoms with Crippen molar-refractivity contribution < 1.29 is 4.57 Å². The van der Waals surface area contributed by atoms with Gasteiger partial charge >= 0.3 is 0 Å². The molecule has 3 heteroatoms. The van der Waals surface area contributed by atoms with Crippen molar-refractivity contribution >= 4 is 27.4 Å². The average molecular weight is 475 g/mol. The fourth-order valence-electron chi connectivity index (χ4n) is 5.04. The maximum absolute atomic E-state index is 2.36. The fourth-order valence-corrected chi connectivity index (χ4v) is 5.04. The molecule has 1 aliphatic rings. The number of nitrogens with zero attached hydrogens (tertiary/aromatic N) is 3. The van der Waals surface area contributed by atoms with Gasteiger partial charge in [-0.2, -0.15) is 4.57 Å². The van der Waals surface area contributed by atoms with Crippen molar-refractivity contribution in [3.05, 3.63) is 109 Å². The zero-order chi connectivity index (χ0) is 25.2. The summed E-state index contributed by atoms with van der Waals surface area (Å²) in [5.74, 6) is 2.58. The molecule has 2 aromatic heterocycles. The maximum atomic E-state index is 2.36. The molecule has 36 heavy (non-hydrogen) atoms. The molecular formula is C33H36N3+. The molecule has 3 aromatic carbocycles. The first-order valence-electron chi connectivity index (χ1n) is 13.0. The van der Waals surface area contributed by atoms with Gasteiger partial charge in [-0.1, -0.05) is 82.3 Å². The molecular weight excluding hydrogens is 438 g/mol. The first kappa shape index (κ1) is 23.9. The Morgan fingerprint density at radius 3 is 2.28 bits per heavy atom. The molecule has 0 amide bonds. The van der Waals surface area contributed by atoms with Crippen LogP contribution in [0.1, 0.15) is 39.9 Å². The third-order valence-corrected chi connectivity index (χ3v) is 6.64. The van der Waals surface area contributed by atoms with Crippen LogP contribution in [-0.2, 0) is 7.05 Å². The monoisotopic (exact) mass is 474 g/mol. The van der Waals surface area contributed by atoms with Crippen molar-refractivity contribution in [3.63, 3.8) is 0 Å². The molecule has 1 aliphatic carbocycles. The van der Waals surface area contributed by atoms with E-state index >= 15 is 0 Å². The molecule has 0 bridgehead atoms. The van der Waals surface area contributed by atoms with Gasteiger partial charge in [-0.25, -0.2) is 4.57 Å². The zero-order valence-electron chi connectivity index (χ0n) is 22.0. The standard InChI is InChI=1S/C29H26N3.C4H10/c1-21-10-6-7-13-24(21)29-30(2)18-19-31(29)23-16-17-28-26(20-23)25-14-8-9-15-27(25)32(28)22-11-4-3-5-12-22;1-4(2)3/h3-9,11-21H,10H2,1-2H3;4H,1-3H3/q+1;. The van der Waals surface area contributed by atoms with Crippen molar-refractivity contribution in [2.45, 2.75) is 34.1 Å². The number of para-hydroxylation sites is 2. The molecule has 3 nitrogen and oxygen atoms in total. The summed E-state index contributed by atoms with van der Waals surface area (Å²) in [6, 6.07) is 26.2. The molecule has 0 spiro atoms. The van der Waals surface area contributed by atoms with Gasteiger partial charge in [0.25, 0.3) is 5.82 Å². The number of allylic oxidation sites excluding steroid dienone is 4. The van der Waals surface area contributed by atoms with E-state index in [0.29, 0.717) is 5.92 Å². The Hall–Kier alpha value is -3.85. The van der Waals surface area contributed by atoms with Crippen LogP contribution in [0.4, 0.5) is 0 Å². The molecule has 182 valence electrons. The topological polar surface area (TPSA) is 13.7 Å². The Balaban J connectivity index is 0.000000623. The minimum Gasteiger partial charge on any atom is -0.309 e. The highest BCUT2D eigenvalue weighted by atomic mass is 15.1. The highest BCUT2D eigenvalue weighted by molar-refractivity contribution is 6.09. The lowest BCUT2D eigenvalue weighted by molar-refractivity contribution is -0.673. The maximum Gasteiger partial charge on any atom is 0.289 e. The van der Waals surface area contributed by atoms with Gasteiger partial charge in [0.15, 0.2) is 0 Å². The van der Waals surface area contributed by atoms with E-state index in [1.807, 2.05) is 0 Å². The Kier molecular flexibility index (Phi) is 6.65. The van der Waals surface area contributed by atoms with Gasteiger partial charge in [0.05, 0.1) is 18.1 Å². The number of aryl methyl sites for hydroxylation is 1. The number of hydrogen-bond donors (Lipinski definition) is 0. The smallest absolute Gasteiger partial charge is 0.289 e.